The van der Waals surface area contributed by atoms with Crippen LogP contribution in [0.1, 0.15) is 29.7 Å². The molecule has 3 heterocycles. The van der Waals surface area contributed by atoms with E-state index >= 15 is 0 Å². The minimum Gasteiger partial charge on any atom is -0.443 e. The summed E-state index contributed by atoms with van der Waals surface area (Å²) in [5, 5.41) is 4.07. The lowest BCUT2D eigenvalue weighted by Crippen LogP contribution is -2.43. The first kappa shape index (κ1) is 18.5. The maximum atomic E-state index is 12.7. The molecule has 0 saturated carbocycles. The summed E-state index contributed by atoms with van der Waals surface area (Å²) in [7, 11) is 0. The molecule has 2 aromatic heterocycles. The van der Waals surface area contributed by atoms with E-state index in [4.69, 9.17) is 4.42 Å². The van der Waals surface area contributed by atoms with E-state index in [9.17, 15) is 4.79 Å². The summed E-state index contributed by atoms with van der Waals surface area (Å²) in [4.78, 5) is 23.7. The molecule has 1 aliphatic heterocycles. The number of nitrogens with one attached hydrogen (secondary N) is 1. The van der Waals surface area contributed by atoms with Crippen LogP contribution < -0.4 is 10.2 Å². The molecule has 0 radical (unpaired) electrons. The second-order valence-corrected chi connectivity index (χ2v) is 7.47. The maximum absolute atomic E-state index is 12.7. The molecule has 1 unspecified atom stereocenters. The number of aryl methyl sites for hydroxylation is 2. The van der Waals surface area contributed by atoms with Crippen LogP contribution in [-0.2, 0) is 11.2 Å². The number of nitrogens with zero attached hydrogens (tertiary/aromatic N) is 3. The Hall–Kier alpha value is -2.89. The average molecular weight is 378 g/mol. The normalized spacial score (nSPS) is 17.1. The van der Waals surface area contributed by atoms with Gasteiger partial charge in [-0.25, -0.2) is 9.97 Å². The van der Waals surface area contributed by atoms with Gasteiger partial charge in [0.2, 0.25) is 11.6 Å². The molecule has 6 heteroatoms. The van der Waals surface area contributed by atoms with Gasteiger partial charge in [-0.05, 0) is 38.7 Å². The summed E-state index contributed by atoms with van der Waals surface area (Å²) in [6, 6.07) is 10.2. The number of carbonyl (C=O) groups excluding carboxylic acids is 1. The molecule has 1 aromatic carbocycles. The molecule has 1 fully saturated rings. The quantitative estimate of drug-likeness (QED) is 0.737. The molecule has 1 atom stereocenters. The molecule has 0 bridgehead atoms. The highest BCUT2D eigenvalue weighted by Crippen LogP contribution is 2.32. The average Bonchev–Trinajstić information content (AvgIpc) is 3.03. The lowest BCUT2D eigenvalue weighted by atomic mass is 9.96. The fraction of sp³-hybridized carbons (Fsp3) is 0.409. The first-order chi connectivity index (χ1) is 13.6. The van der Waals surface area contributed by atoms with Gasteiger partial charge in [-0.15, -0.1) is 0 Å². The third-order valence-corrected chi connectivity index (χ3v) is 5.59. The molecule has 1 amide bonds. The minimum atomic E-state index is -0.0251. The SMILES string of the molecule is Cc1oc2ncnc(N3CCCC(C(=O)NCCc4ccccc4)C3)c2c1C. The van der Waals surface area contributed by atoms with E-state index in [1.165, 1.54) is 5.56 Å². The molecule has 146 valence electrons. The van der Waals surface area contributed by atoms with Crippen molar-refractivity contribution in [3.05, 3.63) is 53.5 Å². The van der Waals surface area contributed by atoms with Crippen molar-refractivity contribution < 1.29 is 9.21 Å². The van der Waals surface area contributed by atoms with E-state index in [2.05, 4.69) is 32.3 Å². The van der Waals surface area contributed by atoms with Crippen LogP contribution in [0.2, 0.25) is 0 Å². The Morgan fingerprint density at radius 1 is 1.25 bits per heavy atom. The van der Waals surface area contributed by atoms with Crippen molar-refractivity contribution in [1.82, 2.24) is 15.3 Å². The van der Waals surface area contributed by atoms with E-state index in [1.807, 2.05) is 32.0 Å². The minimum absolute atomic E-state index is 0.0251. The first-order valence-electron chi connectivity index (χ1n) is 9.91. The third kappa shape index (κ3) is 3.72. The Morgan fingerprint density at radius 3 is 2.89 bits per heavy atom. The second kappa shape index (κ2) is 8.00. The summed E-state index contributed by atoms with van der Waals surface area (Å²) in [5.41, 5.74) is 2.93. The van der Waals surface area contributed by atoms with Crippen molar-refractivity contribution in [3.8, 4) is 0 Å². The van der Waals surface area contributed by atoms with Crippen LogP contribution >= 0.6 is 0 Å². The Morgan fingerprint density at radius 2 is 2.07 bits per heavy atom. The Bertz CT molecular complexity index is 967. The lowest BCUT2D eigenvalue weighted by molar-refractivity contribution is -0.125. The van der Waals surface area contributed by atoms with Gasteiger partial charge >= 0.3 is 0 Å². The summed E-state index contributed by atoms with van der Waals surface area (Å²) >= 11 is 0. The molecule has 1 saturated heterocycles. The van der Waals surface area contributed by atoms with Gasteiger partial charge in [0.05, 0.1) is 11.3 Å². The third-order valence-electron chi connectivity index (χ3n) is 5.59. The number of rotatable bonds is 5. The molecular formula is C22H26N4O2. The van der Waals surface area contributed by atoms with Crippen molar-refractivity contribution in [2.45, 2.75) is 33.1 Å². The van der Waals surface area contributed by atoms with Crippen molar-refractivity contribution in [1.29, 1.82) is 0 Å². The largest absolute Gasteiger partial charge is 0.443 e. The molecule has 0 aliphatic carbocycles. The molecule has 1 aliphatic rings. The fourth-order valence-corrected chi connectivity index (χ4v) is 3.91. The number of carbonyl (C=O) groups is 1. The number of benzene rings is 1. The highest BCUT2D eigenvalue weighted by Gasteiger charge is 2.28. The van der Waals surface area contributed by atoms with Crippen LogP contribution in [0.3, 0.4) is 0 Å². The van der Waals surface area contributed by atoms with E-state index in [0.29, 0.717) is 18.8 Å². The number of aromatic nitrogens is 2. The molecule has 28 heavy (non-hydrogen) atoms. The Kier molecular flexibility index (Phi) is 5.28. The molecular weight excluding hydrogens is 352 g/mol. The van der Waals surface area contributed by atoms with E-state index < -0.39 is 0 Å². The molecule has 4 rings (SSSR count). The van der Waals surface area contributed by atoms with Crippen LogP contribution in [0.25, 0.3) is 11.1 Å². The number of piperidine rings is 1. The summed E-state index contributed by atoms with van der Waals surface area (Å²) in [6.07, 6.45) is 4.27. The smallest absolute Gasteiger partial charge is 0.231 e. The number of anilines is 1. The number of fused-ring (bicyclic) bond motifs is 1. The number of furan rings is 1. The number of hydrogen-bond donors (Lipinski definition) is 1. The van der Waals surface area contributed by atoms with Gasteiger partial charge in [0.1, 0.15) is 17.9 Å². The van der Waals surface area contributed by atoms with Crippen LogP contribution in [0.15, 0.2) is 41.1 Å². The number of hydrogen-bond acceptors (Lipinski definition) is 5. The zero-order chi connectivity index (χ0) is 19.5. The van der Waals surface area contributed by atoms with Crippen molar-refractivity contribution in [2.75, 3.05) is 24.5 Å². The van der Waals surface area contributed by atoms with Crippen LogP contribution in [-0.4, -0.2) is 35.5 Å². The van der Waals surface area contributed by atoms with E-state index in [-0.39, 0.29) is 11.8 Å². The molecule has 1 N–H and O–H groups in total. The van der Waals surface area contributed by atoms with E-state index in [1.54, 1.807) is 6.33 Å². The summed E-state index contributed by atoms with van der Waals surface area (Å²) < 4.78 is 5.74. The zero-order valence-electron chi connectivity index (χ0n) is 16.4. The lowest BCUT2D eigenvalue weighted by Gasteiger charge is -2.33. The zero-order valence-corrected chi connectivity index (χ0v) is 16.4. The predicted octanol–water partition coefficient (Wildman–Crippen LogP) is 3.41. The van der Waals surface area contributed by atoms with Gasteiger partial charge in [0.25, 0.3) is 0 Å². The van der Waals surface area contributed by atoms with Crippen LogP contribution in [0, 0.1) is 19.8 Å². The van der Waals surface area contributed by atoms with Crippen molar-refractivity contribution in [3.63, 3.8) is 0 Å². The standard InChI is InChI=1S/C22H26N4O2/c1-15-16(2)28-22-19(15)20(24-14-25-22)26-12-6-9-18(13-26)21(27)23-11-10-17-7-4-3-5-8-17/h3-5,7-8,14,18H,6,9-13H2,1-2H3,(H,23,27). The molecule has 0 spiro atoms. The van der Waals surface area contributed by atoms with Gasteiger partial charge in [0.15, 0.2) is 0 Å². The van der Waals surface area contributed by atoms with Gasteiger partial charge in [0, 0.05) is 25.2 Å². The monoisotopic (exact) mass is 378 g/mol. The summed E-state index contributed by atoms with van der Waals surface area (Å²) in [6.45, 7) is 6.21. The van der Waals surface area contributed by atoms with Gasteiger partial charge in [-0.1, -0.05) is 30.3 Å². The van der Waals surface area contributed by atoms with Crippen molar-refractivity contribution in [2.24, 2.45) is 5.92 Å². The van der Waals surface area contributed by atoms with Gasteiger partial charge < -0.3 is 14.6 Å². The first-order valence-corrected chi connectivity index (χ1v) is 9.91. The molecule has 3 aromatic rings. The molecule has 6 nitrogen and oxygen atoms in total. The second-order valence-electron chi connectivity index (χ2n) is 7.47. The Labute approximate surface area is 165 Å². The number of amides is 1. The van der Waals surface area contributed by atoms with Gasteiger partial charge in [-0.2, -0.15) is 0 Å². The Balaban J connectivity index is 1.42. The van der Waals surface area contributed by atoms with E-state index in [0.717, 1.165) is 48.3 Å². The predicted molar refractivity (Wildman–Crippen MR) is 109 cm³/mol. The van der Waals surface area contributed by atoms with Crippen LogP contribution in [0.4, 0.5) is 5.82 Å². The maximum Gasteiger partial charge on any atom is 0.231 e. The summed E-state index contributed by atoms with van der Waals surface area (Å²) in [5.74, 6) is 1.85. The van der Waals surface area contributed by atoms with Gasteiger partial charge in [-0.3, -0.25) is 4.79 Å². The van der Waals surface area contributed by atoms with Crippen LogP contribution in [0.5, 0.6) is 0 Å². The highest BCUT2D eigenvalue weighted by atomic mass is 16.3. The topological polar surface area (TPSA) is 71.3 Å². The van der Waals surface area contributed by atoms with Crippen molar-refractivity contribution >= 4 is 22.8 Å². The highest BCUT2D eigenvalue weighted by molar-refractivity contribution is 5.90. The fourth-order valence-electron chi connectivity index (χ4n) is 3.91.